The summed E-state index contributed by atoms with van der Waals surface area (Å²) in [6.45, 7) is 4.46. The van der Waals surface area contributed by atoms with E-state index in [0.717, 1.165) is 29.9 Å². The lowest BCUT2D eigenvalue weighted by Crippen LogP contribution is -2.45. The summed E-state index contributed by atoms with van der Waals surface area (Å²) in [5.41, 5.74) is 0.470. The number of hydrogen-bond acceptors (Lipinski definition) is 3. The third-order valence-corrected chi connectivity index (χ3v) is 5.27. The minimum absolute atomic E-state index is 0.404. The van der Waals surface area contributed by atoms with Crippen molar-refractivity contribution in [3.05, 3.63) is 23.5 Å². The van der Waals surface area contributed by atoms with Gasteiger partial charge in [-0.25, -0.2) is 4.98 Å². The lowest BCUT2D eigenvalue weighted by Gasteiger charge is -2.42. The fraction of sp³-hybridized carbons (Fsp3) is 0.667. The molecule has 2 aromatic heterocycles. The summed E-state index contributed by atoms with van der Waals surface area (Å²) in [6.07, 6.45) is 9.25. The fourth-order valence-electron chi connectivity index (χ4n) is 3.60. The third-order valence-electron chi connectivity index (χ3n) is 4.50. The Bertz CT molecular complexity index is 531. The molecule has 3 nitrogen and oxygen atoms in total. The van der Waals surface area contributed by atoms with Crippen LogP contribution < -0.4 is 0 Å². The molecule has 3 rings (SSSR count). The molecule has 0 spiro atoms. The summed E-state index contributed by atoms with van der Waals surface area (Å²) < 4.78 is 2.05. The van der Waals surface area contributed by atoms with E-state index in [9.17, 15) is 5.11 Å². The number of imidazole rings is 1. The van der Waals surface area contributed by atoms with Gasteiger partial charge in [-0.1, -0.05) is 26.7 Å². The van der Waals surface area contributed by atoms with Crippen molar-refractivity contribution in [2.75, 3.05) is 0 Å². The number of fused-ring (bicyclic) bond motifs is 1. The van der Waals surface area contributed by atoms with Crippen LogP contribution in [0.3, 0.4) is 0 Å². The van der Waals surface area contributed by atoms with Crippen LogP contribution in [0.15, 0.2) is 17.8 Å². The molecule has 2 aromatic rings. The van der Waals surface area contributed by atoms with Crippen LogP contribution in [0.4, 0.5) is 0 Å². The molecule has 0 bridgehead atoms. The Balaban J connectivity index is 1.84. The van der Waals surface area contributed by atoms with Crippen LogP contribution in [0, 0.1) is 11.8 Å². The zero-order chi connectivity index (χ0) is 13.5. The Hall–Kier alpha value is -0.870. The smallest absolute Gasteiger partial charge is 0.193 e. The van der Waals surface area contributed by atoms with Crippen LogP contribution >= 0.6 is 11.3 Å². The van der Waals surface area contributed by atoms with Gasteiger partial charge in [0.1, 0.15) is 0 Å². The van der Waals surface area contributed by atoms with Gasteiger partial charge in [0.15, 0.2) is 4.96 Å². The summed E-state index contributed by atoms with van der Waals surface area (Å²) in [4.78, 5) is 5.65. The van der Waals surface area contributed by atoms with E-state index < -0.39 is 5.60 Å². The minimum Gasteiger partial charge on any atom is -0.389 e. The van der Waals surface area contributed by atoms with Crippen molar-refractivity contribution in [2.24, 2.45) is 11.8 Å². The van der Waals surface area contributed by atoms with Gasteiger partial charge in [0.2, 0.25) is 0 Å². The minimum atomic E-state index is -0.559. The van der Waals surface area contributed by atoms with E-state index in [4.69, 9.17) is 0 Å². The number of thiazole rings is 1. The monoisotopic (exact) mass is 278 g/mol. The molecule has 0 aromatic carbocycles. The summed E-state index contributed by atoms with van der Waals surface area (Å²) >= 11 is 1.65. The number of aromatic nitrogens is 2. The highest BCUT2D eigenvalue weighted by molar-refractivity contribution is 7.15. The summed E-state index contributed by atoms with van der Waals surface area (Å²) in [7, 11) is 0. The second kappa shape index (κ2) is 4.91. The van der Waals surface area contributed by atoms with Gasteiger partial charge in [0.05, 0.1) is 11.3 Å². The van der Waals surface area contributed by atoms with Crippen LogP contribution in [-0.2, 0) is 6.42 Å². The van der Waals surface area contributed by atoms with Crippen LogP contribution in [0.2, 0.25) is 0 Å². The molecule has 1 N–H and O–H groups in total. The molecule has 0 radical (unpaired) electrons. The quantitative estimate of drug-likeness (QED) is 0.933. The number of rotatable bonds is 3. The molecule has 1 fully saturated rings. The predicted molar refractivity (Wildman–Crippen MR) is 78.5 cm³/mol. The van der Waals surface area contributed by atoms with Crippen molar-refractivity contribution in [2.45, 2.75) is 51.6 Å². The molecule has 1 saturated carbocycles. The molecular formula is C15H22N2OS. The SMILES string of the molecule is CC(C)C1CCCCC1(O)Cc1cn2ccsc2n1. The molecule has 2 heterocycles. The van der Waals surface area contributed by atoms with Crippen molar-refractivity contribution >= 4 is 16.3 Å². The zero-order valence-corrected chi connectivity index (χ0v) is 12.5. The van der Waals surface area contributed by atoms with E-state index in [0.29, 0.717) is 18.3 Å². The topological polar surface area (TPSA) is 37.5 Å². The first-order valence-corrected chi connectivity index (χ1v) is 8.10. The van der Waals surface area contributed by atoms with Gasteiger partial charge in [-0.05, 0) is 24.7 Å². The Morgan fingerprint density at radius 3 is 3.11 bits per heavy atom. The van der Waals surface area contributed by atoms with E-state index in [-0.39, 0.29) is 0 Å². The van der Waals surface area contributed by atoms with Crippen molar-refractivity contribution in [1.29, 1.82) is 0 Å². The van der Waals surface area contributed by atoms with Crippen LogP contribution in [0.25, 0.3) is 4.96 Å². The summed E-state index contributed by atoms with van der Waals surface area (Å²) in [5, 5.41) is 13.1. The lowest BCUT2D eigenvalue weighted by molar-refractivity contribution is -0.0658. The van der Waals surface area contributed by atoms with Gasteiger partial charge in [0.25, 0.3) is 0 Å². The van der Waals surface area contributed by atoms with Crippen LogP contribution in [0.1, 0.15) is 45.2 Å². The Morgan fingerprint density at radius 1 is 1.53 bits per heavy atom. The van der Waals surface area contributed by atoms with E-state index in [1.165, 1.54) is 6.42 Å². The number of hydrogen-bond donors (Lipinski definition) is 1. The van der Waals surface area contributed by atoms with Gasteiger partial charge >= 0.3 is 0 Å². The maximum Gasteiger partial charge on any atom is 0.193 e. The second-order valence-electron chi connectivity index (χ2n) is 6.20. The first-order valence-electron chi connectivity index (χ1n) is 7.22. The van der Waals surface area contributed by atoms with Gasteiger partial charge < -0.3 is 5.11 Å². The van der Waals surface area contributed by atoms with E-state index in [1.807, 2.05) is 11.6 Å². The number of nitrogens with zero attached hydrogens (tertiary/aromatic N) is 2. The van der Waals surface area contributed by atoms with Gasteiger partial charge in [0, 0.05) is 24.2 Å². The zero-order valence-electron chi connectivity index (χ0n) is 11.7. The Morgan fingerprint density at radius 2 is 2.37 bits per heavy atom. The van der Waals surface area contributed by atoms with E-state index >= 15 is 0 Å². The normalized spacial score (nSPS) is 28.3. The molecule has 104 valence electrons. The highest BCUT2D eigenvalue weighted by Crippen LogP contribution is 2.40. The van der Waals surface area contributed by atoms with Gasteiger partial charge in [-0.3, -0.25) is 4.40 Å². The third kappa shape index (κ3) is 2.43. The first kappa shape index (κ1) is 13.1. The average molecular weight is 278 g/mol. The van der Waals surface area contributed by atoms with Crippen LogP contribution in [0.5, 0.6) is 0 Å². The predicted octanol–water partition coefficient (Wildman–Crippen LogP) is 3.52. The molecule has 19 heavy (non-hydrogen) atoms. The highest BCUT2D eigenvalue weighted by Gasteiger charge is 2.40. The molecule has 1 aliphatic rings. The summed E-state index contributed by atoms with van der Waals surface area (Å²) in [5.74, 6) is 0.940. The van der Waals surface area contributed by atoms with Crippen molar-refractivity contribution < 1.29 is 5.11 Å². The highest BCUT2D eigenvalue weighted by atomic mass is 32.1. The van der Waals surface area contributed by atoms with Crippen molar-refractivity contribution in [1.82, 2.24) is 9.38 Å². The number of aliphatic hydroxyl groups is 1. The van der Waals surface area contributed by atoms with Gasteiger partial charge in [-0.2, -0.15) is 0 Å². The van der Waals surface area contributed by atoms with Crippen molar-refractivity contribution in [3.8, 4) is 0 Å². The molecule has 1 aliphatic carbocycles. The fourth-order valence-corrected chi connectivity index (χ4v) is 4.32. The Labute approximate surface area is 118 Å². The maximum absolute atomic E-state index is 11.1. The molecule has 2 unspecified atom stereocenters. The summed E-state index contributed by atoms with van der Waals surface area (Å²) in [6, 6.07) is 0. The first-order chi connectivity index (χ1) is 9.08. The largest absolute Gasteiger partial charge is 0.389 e. The standard InChI is InChI=1S/C15H22N2OS/c1-11(2)13-5-3-4-6-15(13,18)9-12-10-17-7-8-19-14(17)16-12/h7-8,10-11,13,18H,3-6,9H2,1-2H3. The molecule has 0 aliphatic heterocycles. The molecule has 0 saturated heterocycles. The molecule has 0 amide bonds. The average Bonchev–Trinajstić information content (AvgIpc) is 2.89. The second-order valence-corrected chi connectivity index (χ2v) is 7.07. The van der Waals surface area contributed by atoms with E-state index in [1.54, 1.807) is 11.3 Å². The van der Waals surface area contributed by atoms with Gasteiger partial charge in [-0.15, -0.1) is 11.3 Å². The maximum atomic E-state index is 11.1. The van der Waals surface area contributed by atoms with E-state index in [2.05, 4.69) is 29.4 Å². The molecule has 4 heteroatoms. The molecule has 2 atom stereocenters. The van der Waals surface area contributed by atoms with Crippen LogP contribution in [-0.4, -0.2) is 20.1 Å². The Kier molecular flexibility index (Phi) is 3.39. The van der Waals surface area contributed by atoms with Crippen molar-refractivity contribution in [3.63, 3.8) is 0 Å². The lowest BCUT2D eigenvalue weighted by atomic mass is 9.68. The molecular weight excluding hydrogens is 256 g/mol.